The van der Waals surface area contributed by atoms with Gasteiger partial charge in [0.25, 0.3) is 5.56 Å². The molecule has 0 aliphatic rings. The van der Waals surface area contributed by atoms with Crippen molar-refractivity contribution in [2.75, 3.05) is 5.32 Å². The first-order valence-corrected chi connectivity index (χ1v) is 10.6. The van der Waals surface area contributed by atoms with Gasteiger partial charge in [0, 0.05) is 42.3 Å². The van der Waals surface area contributed by atoms with E-state index in [9.17, 15) is 9.59 Å². The summed E-state index contributed by atoms with van der Waals surface area (Å²) in [5, 5.41) is 4.58. The van der Waals surface area contributed by atoms with Crippen molar-refractivity contribution in [2.24, 2.45) is 19.8 Å². The molecule has 5 rings (SSSR count). The molecule has 0 spiro atoms. The number of benzene rings is 1. The maximum atomic E-state index is 13.4. The zero-order chi connectivity index (χ0) is 23.3. The van der Waals surface area contributed by atoms with E-state index in [1.807, 2.05) is 24.3 Å². The SMILES string of the molecule is Cn1c(Nc2ccc(CN)nc2)nc2c1c(=O)n(Cc1cc3c(Cl)cccc3[nH]1)c(=O)n2C. The number of imidazole rings is 1. The van der Waals surface area contributed by atoms with Crippen molar-refractivity contribution in [1.29, 1.82) is 0 Å². The first kappa shape index (κ1) is 21.0. The molecule has 0 amide bonds. The summed E-state index contributed by atoms with van der Waals surface area (Å²) in [7, 11) is 3.31. The summed E-state index contributed by atoms with van der Waals surface area (Å²) >= 11 is 6.26. The van der Waals surface area contributed by atoms with Crippen LogP contribution in [0.25, 0.3) is 22.1 Å². The Bertz CT molecular complexity index is 1630. The molecule has 5 aromatic rings. The fourth-order valence-corrected chi connectivity index (χ4v) is 4.10. The van der Waals surface area contributed by atoms with Gasteiger partial charge in [-0.1, -0.05) is 17.7 Å². The van der Waals surface area contributed by atoms with Crippen LogP contribution in [0.15, 0.2) is 52.2 Å². The van der Waals surface area contributed by atoms with Gasteiger partial charge in [-0.3, -0.25) is 18.9 Å². The minimum atomic E-state index is -0.462. The molecule has 4 aromatic heterocycles. The number of aromatic nitrogens is 6. The Morgan fingerprint density at radius 1 is 1.15 bits per heavy atom. The number of aryl methyl sites for hydroxylation is 2. The van der Waals surface area contributed by atoms with Crippen molar-refractivity contribution in [3.05, 3.63) is 79.8 Å². The first-order valence-electron chi connectivity index (χ1n) is 10.2. The summed E-state index contributed by atoms with van der Waals surface area (Å²) < 4.78 is 4.18. The van der Waals surface area contributed by atoms with E-state index in [1.54, 1.807) is 37.0 Å². The normalized spacial score (nSPS) is 11.5. The van der Waals surface area contributed by atoms with Gasteiger partial charge >= 0.3 is 5.69 Å². The van der Waals surface area contributed by atoms with E-state index >= 15 is 0 Å². The Morgan fingerprint density at radius 2 is 1.97 bits per heavy atom. The van der Waals surface area contributed by atoms with Gasteiger partial charge in [-0.2, -0.15) is 4.98 Å². The highest BCUT2D eigenvalue weighted by molar-refractivity contribution is 6.35. The second-order valence-electron chi connectivity index (χ2n) is 7.76. The van der Waals surface area contributed by atoms with Crippen LogP contribution in [0.1, 0.15) is 11.4 Å². The third-order valence-electron chi connectivity index (χ3n) is 5.65. The van der Waals surface area contributed by atoms with Gasteiger partial charge in [-0.05, 0) is 30.3 Å². The largest absolute Gasteiger partial charge is 0.357 e. The van der Waals surface area contributed by atoms with Crippen LogP contribution in [0, 0.1) is 0 Å². The smallest absolute Gasteiger partial charge is 0.332 e. The van der Waals surface area contributed by atoms with Gasteiger partial charge < -0.3 is 20.6 Å². The number of H-pyrrole nitrogens is 1. The van der Waals surface area contributed by atoms with Crippen molar-refractivity contribution in [2.45, 2.75) is 13.1 Å². The number of fused-ring (bicyclic) bond motifs is 2. The lowest BCUT2D eigenvalue weighted by Crippen LogP contribution is -2.39. The van der Waals surface area contributed by atoms with E-state index in [0.717, 1.165) is 16.6 Å². The average Bonchev–Trinajstić information content (AvgIpc) is 3.38. The zero-order valence-electron chi connectivity index (χ0n) is 18.0. The van der Waals surface area contributed by atoms with Gasteiger partial charge in [-0.15, -0.1) is 0 Å². The van der Waals surface area contributed by atoms with Gasteiger partial charge in [0.2, 0.25) is 5.95 Å². The Hall–Kier alpha value is -3.89. The lowest BCUT2D eigenvalue weighted by molar-refractivity contribution is 0.648. The number of halogens is 1. The molecule has 11 heteroatoms. The minimum absolute atomic E-state index is 0.0743. The first-order chi connectivity index (χ1) is 15.9. The number of aromatic amines is 1. The van der Waals surface area contributed by atoms with Crippen LogP contribution in [0.4, 0.5) is 11.6 Å². The molecule has 0 aliphatic heterocycles. The number of nitrogens with zero attached hydrogens (tertiary/aromatic N) is 5. The third-order valence-corrected chi connectivity index (χ3v) is 5.97. The van der Waals surface area contributed by atoms with E-state index in [1.165, 1.54) is 9.13 Å². The monoisotopic (exact) mass is 464 g/mol. The van der Waals surface area contributed by atoms with Crippen molar-refractivity contribution < 1.29 is 0 Å². The molecular formula is C22H21ClN8O2. The maximum absolute atomic E-state index is 13.4. The van der Waals surface area contributed by atoms with Crippen LogP contribution in [0.5, 0.6) is 0 Å². The molecule has 0 bridgehead atoms. The lowest BCUT2D eigenvalue weighted by atomic mass is 10.2. The lowest BCUT2D eigenvalue weighted by Gasteiger charge is -2.08. The summed E-state index contributed by atoms with van der Waals surface area (Å²) in [6.07, 6.45) is 1.64. The summed E-state index contributed by atoms with van der Waals surface area (Å²) in [5.41, 5.74) is 8.28. The minimum Gasteiger partial charge on any atom is -0.357 e. The molecule has 0 saturated carbocycles. The molecule has 0 saturated heterocycles. The number of anilines is 2. The Kier molecular flexibility index (Phi) is 5.03. The molecule has 0 radical (unpaired) electrons. The fourth-order valence-electron chi connectivity index (χ4n) is 3.87. The number of nitrogens with two attached hydrogens (primary N) is 1. The molecule has 0 atom stereocenters. The summed E-state index contributed by atoms with van der Waals surface area (Å²) in [5.74, 6) is 0.412. The van der Waals surface area contributed by atoms with Crippen LogP contribution in [0.3, 0.4) is 0 Å². The molecule has 4 N–H and O–H groups in total. The fraction of sp³-hybridized carbons (Fsp3) is 0.182. The Morgan fingerprint density at radius 3 is 2.67 bits per heavy atom. The molecule has 10 nitrogen and oxygen atoms in total. The zero-order valence-corrected chi connectivity index (χ0v) is 18.7. The van der Waals surface area contributed by atoms with Crippen LogP contribution in [-0.2, 0) is 27.2 Å². The highest BCUT2D eigenvalue weighted by atomic mass is 35.5. The van der Waals surface area contributed by atoms with E-state index in [-0.39, 0.29) is 12.2 Å². The summed E-state index contributed by atoms with van der Waals surface area (Å²) in [6.45, 7) is 0.418. The summed E-state index contributed by atoms with van der Waals surface area (Å²) in [4.78, 5) is 38.4. The quantitative estimate of drug-likeness (QED) is 0.366. The molecular weight excluding hydrogens is 444 g/mol. The third kappa shape index (κ3) is 3.49. The topological polar surface area (TPSA) is 129 Å². The van der Waals surface area contributed by atoms with Crippen molar-refractivity contribution >= 4 is 45.3 Å². The maximum Gasteiger partial charge on any atom is 0.332 e. The Labute approximate surface area is 192 Å². The number of pyridine rings is 1. The van der Waals surface area contributed by atoms with Crippen LogP contribution in [0.2, 0.25) is 5.02 Å². The predicted molar refractivity (Wildman–Crippen MR) is 128 cm³/mol. The van der Waals surface area contributed by atoms with Gasteiger partial charge in [0.05, 0.1) is 24.1 Å². The molecule has 168 valence electrons. The van der Waals surface area contributed by atoms with Crippen LogP contribution in [-0.4, -0.2) is 28.7 Å². The Balaban J connectivity index is 1.58. The summed E-state index contributed by atoms with van der Waals surface area (Å²) in [6, 6.07) is 11.0. The van der Waals surface area contributed by atoms with Crippen molar-refractivity contribution in [1.82, 2.24) is 28.7 Å². The van der Waals surface area contributed by atoms with Crippen molar-refractivity contribution in [3.63, 3.8) is 0 Å². The standard InChI is InChI=1S/C22H21ClN8O2/c1-29-18-19(28-21(29)27-13-7-6-12(9-24)25-10-13)30(2)22(33)31(20(18)32)11-14-8-15-16(23)4-3-5-17(15)26-14/h3-8,10,26H,9,11,24H2,1-2H3,(H,27,28). The second kappa shape index (κ2) is 7.91. The molecule has 0 unspecified atom stereocenters. The molecule has 0 aliphatic carbocycles. The number of hydrogen-bond donors (Lipinski definition) is 3. The van der Waals surface area contributed by atoms with Gasteiger partial charge in [0.1, 0.15) is 0 Å². The second-order valence-corrected chi connectivity index (χ2v) is 8.17. The van der Waals surface area contributed by atoms with Gasteiger partial charge in [0.15, 0.2) is 11.2 Å². The van der Waals surface area contributed by atoms with Gasteiger partial charge in [-0.25, -0.2) is 4.79 Å². The highest BCUT2D eigenvalue weighted by Crippen LogP contribution is 2.24. The van der Waals surface area contributed by atoms with E-state index in [0.29, 0.717) is 34.4 Å². The number of nitrogens with one attached hydrogen (secondary N) is 2. The van der Waals surface area contributed by atoms with E-state index < -0.39 is 11.2 Å². The van der Waals surface area contributed by atoms with Crippen molar-refractivity contribution in [3.8, 4) is 0 Å². The predicted octanol–water partition coefficient (Wildman–Crippen LogP) is 2.21. The van der Waals surface area contributed by atoms with Crippen LogP contribution >= 0.6 is 11.6 Å². The molecule has 4 heterocycles. The van der Waals surface area contributed by atoms with E-state index in [4.69, 9.17) is 17.3 Å². The number of rotatable bonds is 5. The number of hydrogen-bond acceptors (Lipinski definition) is 6. The molecule has 33 heavy (non-hydrogen) atoms. The highest BCUT2D eigenvalue weighted by Gasteiger charge is 2.19. The van der Waals surface area contributed by atoms with E-state index in [2.05, 4.69) is 20.3 Å². The molecule has 0 fully saturated rings. The van der Waals surface area contributed by atoms with Crippen LogP contribution < -0.4 is 22.3 Å². The molecule has 1 aromatic carbocycles. The average molecular weight is 465 g/mol.